The Morgan fingerprint density at radius 2 is 0.642 bits per heavy atom. The van der Waals surface area contributed by atoms with Gasteiger partial charge in [0.25, 0.3) is 5.79 Å². The number of hydrogen-bond acceptors (Lipinski definition) is 8. The van der Waals surface area contributed by atoms with Gasteiger partial charge in [-0.05, 0) is 38.5 Å². The third-order valence-electron chi connectivity index (χ3n) is 6.27. The lowest BCUT2D eigenvalue weighted by Gasteiger charge is -2.32. The molecule has 308 valence electrons. The smallest absolute Gasteiger partial charge is 0.407 e. The molecule has 26 heteroatoms. The topological polar surface area (TPSA) is 175 Å². The Labute approximate surface area is 293 Å². The molecule has 0 aliphatic heterocycles. The number of nitrogens with one attached hydrogen (secondary N) is 4. The minimum Gasteiger partial charge on any atom is -0.407 e. The maximum atomic E-state index is 13.0. The molecule has 0 fully saturated rings. The van der Waals surface area contributed by atoms with E-state index in [2.05, 4.69) is 0 Å². The van der Waals surface area contributed by atoms with E-state index in [0.29, 0.717) is 0 Å². The Morgan fingerprint density at radius 3 is 0.887 bits per heavy atom. The van der Waals surface area contributed by atoms with E-state index in [1.54, 1.807) is 21.3 Å². The molecule has 0 saturated carbocycles. The zero-order chi connectivity index (χ0) is 41.3. The van der Waals surface area contributed by atoms with E-state index in [-0.39, 0.29) is 51.6 Å². The first-order valence-electron chi connectivity index (χ1n) is 15.4. The van der Waals surface area contributed by atoms with Crippen LogP contribution >= 0.6 is 0 Å². The van der Waals surface area contributed by atoms with Crippen molar-refractivity contribution in [1.82, 2.24) is 31.1 Å². The van der Waals surface area contributed by atoms with Gasteiger partial charge in [0, 0.05) is 66.2 Å². The van der Waals surface area contributed by atoms with Crippen LogP contribution in [0.25, 0.3) is 0 Å². The molecule has 0 rings (SSSR count). The first kappa shape index (κ1) is 48.6. The van der Waals surface area contributed by atoms with Crippen molar-refractivity contribution in [2.75, 3.05) is 52.4 Å². The van der Waals surface area contributed by atoms with Gasteiger partial charge in [-0.2, -0.15) is 52.7 Å². The van der Waals surface area contributed by atoms with Crippen LogP contribution in [0.15, 0.2) is 0 Å². The molecule has 0 atom stereocenters. The molecule has 0 unspecified atom stereocenters. The fourth-order valence-electron chi connectivity index (χ4n) is 3.76. The Balaban J connectivity index is 5.55. The highest BCUT2D eigenvalue weighted by atomic mass is 19.4. The highest BCUT2D eigenvalue weighted by Gasteiger charge is 2.40. The summed E-state index contributed by atoms with van der Waals surface area (Å²) in [6, 6.07) is 0. The minimum absolute atomic E-state index is 0.0928. The van der Waals surface area contributed by atoms with Crippen LogP contribution in [0, 0.1) is 0 Å². The van der Waals surface area contributed by atoms with E-state index in [0.717, 1.165) is 23.6 Å². The lowest BCUT2D eigenvalue weighted by atomic mass is 10.2. The molecule has 0 aliphatic rings. The number of alkyl halides is 12. The second-order valence-electron chi connectivity index (χ2n) is 11.2. The number of unbranched alkanes of at least 4 members (excludes halogenated alkanes) is 2. The van der Waals surface area contributed by atoms with Crippen molar-refractivity contribution in [2.45, 2.75) is 82.9 Å². The number of hydrogen-bond donors (Lipinski definition) is 4. The largest absolute Gasteiger partial charge is 0.471 e. The quantitative estimate of drug-likeness (QED) is 0.0820. The summed E-state index contributed by atoms with van der Waals surface area (Å²) in [5, 5.41) is 6.29. The highest BCUT2D eigenvalue weighted by molar-refractivity contribution is 5.82. The van der Waals surface area contributed by atoms with Crippen molar-refractivity contribution in [1.29, 1.82) is 0 Å². The van der Waals surface area contributed by atoms with Gasteiger partial charge >= 0.3 is 60.5 Å². The van der Waals surface area contributed by atoms with Crippen LogP contribution in [0.4, 0.5) is 62.3 Å². The van der Waals surface area contributed by atoms with Crippen molar-refractivity contribution in [3.8, 4) is 0 Å². The first-order valence-corrected chi connectivity index (χ1v) is 15.4. The number of rotatable bonds is 20. The number of halogens is 12. The van der Waals surface area contributed by atoms with Crippen molar-refractivity contribution >= 4 is 35.8 Å². The molecule has 53 heavy (non-hydrogen) atoms. The standard InChI is InChI=1S/C27H38F12N6O8/c1-23(2,52-21(50)44(15-7-11-42-19(48)26(34,35)36)13-5-3-9-40-17(46)24(28,29)30)53-22(51)45(16-8-12-43-20(49)27(37,38)39)14-6-4-10-41-18(47)25(31,32)33/h3-16H2,1-2H3,(H,40,46)(H,41,47)(H,42,48)(H,43,49). The Bertz CT molecular complexity index is 1140. The maximum Gasteiger partial charge on any atom is 0.471 e. The SMILES string of the molecule is CC(C)(OC(=O)N(CCCCNC(=O)C(F)(F)F)CCCNC(=O)C(F)(F)F)OC(=O)N(CCCCNC(=O)C(F)(F)F)CCCNC(=O)C(F)(F)F. The Hall–Kier alpha value is -4.42. The molecule has 0 spiro atoms. The van der Waals surface area contributed by atoms with Crippen molar-refractivity contribution in [3.63, 3.8) is 0 Å². The monoisotopic (exact) mass is 802 g/mol. The molecule has 0 aromatic rings. The lowest BCUT2D eigenvalue weighted by Crippen LogP contribution is -2.45. The van der Waals surface area contributed by atoms with Gasteiger partial charge in [-0.25, -0.2) is 9.59 Å². The normalized spacial score (nSPS) is 12.3. The van der Waals surface area contributed by atoms with E-state index in [9.17, 15) is 81.5 Å². The van der Waals surface area contributed by atoms with Gasteiger partial charge in [-0.1, -0.05) is 0 Å². The zero-order valence-corrected chi connectivity index (χ0v) is 28.1. The fraction of sp³-hybridized carbons (Fsp3) is 0.778. The van der Waals surface area contributed by atoms with Crippen LogP contribution < -0.4 is 21.3 Å². The van der Waals surface area contributed by atoms with Crippen molar-refractivity contribution in [2.24, 2.45) is 0 Å². The van der Waals surface area contributed by atoms with Crippen LogP contribution in [0.5, 0.6) is 0 Å². The summed E-state index contributed by atoms with van der Waals surface area (Å²) in [6.45, 7) is -1.56. The Morgan fingerprint density at radius 1 is 0.415 bits per heavy atom. The predicted molar refractivity (Wildman–Crippen MR) is 154 cm³/mol. The number of nitrogens with zero attached hydrogens (tertiary/aromatic N) is 2. The summed E-state index contributed by atoms with van der Waals surface area (Å²) < 4.78 is 159. The van der Waals surface area contributed by atoms with Gasteiger partial charge < -0.3 is 40.5 Å². The third kappa shape index (κ3) is 21.6. The summed E-state index contributed by atoms with van der Waals surface area (Å²) in [5.74, 6) is -11.2. The van der Waals surface area contributed by atoms with Gasteiger partial charge in [0.2, 0.25) is 0 Å². The molecular formula is C27H38F12N6O8. The molecular weight excluding hydrogens is 764 g/mol. The summed E-state index contributed by atoms with van der Waals surface area (Å²) in [5.41, 5.74) is 0. The predicted octanol–water partition coefficient (Wildman–Crippen LogP) is 3.65. The minimum atomic E-state index is -5.21. The van der Waals surface area contributed by atoms with Crippen molar-refractivity contribution in [3.05, 3.63) is 0 Å². The number of carbonyl (C=O) groups is 6. The first-order chi connectivity index (χ1) is 24.1. The molecule has 0 radical (unpaired) electrons. The summed E-state index contributed by atoms with van der Waals surface area (Å²) in [6.07, 6.45) is -24.3. The van der Waals surface area contributed by atoms with E-state index in [1.165, 1.54) is 0 Å². The summed E-state index contributed by atoms with van der Waals surface area (Å²) in [7, 11) is 0. The maximum absolute atomic E-state index is 13.0. The molecule has 4 N–H and O–H groups in total. The van der Waals surface area contributed by atoms with Crippen LogP contribution in [-0.4, -0.2) is 128 Å². The molecule has 0 heterocycles. The van der Waals surface area contributed by atoms with Gasteiger partial charge in [0.15, 0.2) is 0 Å². The molecule has 6 amide bonds. The fourth-order valence-corrected chi connectivity index (χ4v) is 3.76. The second-order valence-corrected chi connectivity index (χ2v) is 11.2. The zero-order valence-electron chi connectivity index (χ0n) is 28.1. The summed E-state index contributed by atoms with van der Waals surface area (Å²) in [4.78, 5) is 71.7. The van der Waals surface area contributed by atoms with Gasteiger partial charge in [0.1, 0.15) is 0 Å². The van der Waals surface area contributed by atoms with E-state index in [4.69, 9.17) is 9.47 Å². The average Bonchev–Trinajstić information content (AvgIpc) is 2.99. The highest BCUT2D eigenvalue weighted by Crippen LogP contribution is 2.19. The van der Waals surface area contributed by atoms with Crippen LogP contribution in [-0.2, 0) is 28.7 Å². The van der Waals surface area contributed by atoms with Crippen LogP contribution in [0.1, 0.15) is 52.4 Å². The third-order valence-corrected chi connectivity index (χ3v) is 6.27. The average molecular weight is 803 g/mol. The van der Waals surface area contributed by atoms with Crippen molar-refractivity contribution < 1.29 is 90.9 Å². The molecule has 0 aromatic heterocycles. The van der Waals surface area contributed by atoms with E-state index >= 15 is 0 Å². The lowest BCUT2D eigenvalue weighted by molar-refractivity contribution is -0.173. The molecule has 14 nitrogen and oxygen atoms in total. The molecule has 0 aromatic carbocycles. The Kier molecular flexibility index (Phi) is 19.5. The number of ether oxygens (including phenoxy) is 2. The summed E-state index contributed by atoms with van der Waals surface area (Å²) >= 11 is 0. The molecule has 0 bridgehead atoms. The molecule has 0 aliphatic carbocycles. The molecule has 0 saturated heterocycles. The number of carbonyl (C=O) groups excluding carboxylic acids is 6. The number of amides is 6. The van der Waals surface area contributed by atoms with Crippen LogP contribution in [0.3, 0.4) is 0 Å². The van der Waals surface area contributed by atoms with E-state index in [1.807, 2.05) is 0 Å². The van der Waals surface area contributed by atoms with Gasteiger partial charge in [-0.15, -0.1) is 0 Å². The van der Waals surface area contributed by atoms with E-state index < -0.39 is 106 Å². The van der Waals surface area contributed by atoms with Gasteiger partial charge in [0.05, 0.1) is 0 Å². The van der Waals surface area contributed by atoms with Crippen LogP contribution in [0.2, 0.25) is 0 Å². The van der Waals surface area contributed by atoms with Gasteiger partial charge in [-0.3, -0.25) is 19.2 Å². The second kappa shape index (κ2) is 21.3.